The molecule has 0 aliphatic heterocycles. The normalized spacial score (nSPS) is 11.2. The molecule has 2 amide bonds. The number of benzene rings is 2. The van der Waals surface area contributed by atoms with Crippen LogP contribution in [0.1, 0.15) is 29.8 Å². The molecule has 0 saturated heterocycles. The highest BCUT2D eigenvalue weighted by atomic mass is 32.2. The molecule has 0 atom stereocenters. The summed E-state index contributed by atoms with van der Waals surface area (Å²) in [6.45, 7) is 5.86. The van der Waals surface area contributed by atoms with Gasteiger partial charge < -0.3 is 10.6 Å². The minimum Gasteiger partial charge on any atom is -0.352 e. The lowest BCUT2D eigenvalue weighted by Gasteiger charge is -2.23. The van der Waals surface area contributed by atoms with Crippen molar-refractivity contribution >= 4 is 33.2 Å². The molecule has 0 bridgehead atoms. The van der Waals surface area contributed by atoms with E-state index >= 15 is 0 Å². The van der Waals surface area contributed by atoms with Gasteiger partial charge in [-0.2, -0.15) is 0 Å². The van der Waals surface area contributed by atoms with Gasteiger partial charge in [0.15, 0.2) is 0 Å². The highest BCUT2D eigenvalue weighted by molar-refractivity contribution is 7.92. The van der Waals surface area contributed by atoms with Crippen molar-refractivity contribution in [3.63, 3.8) is 0 Å². The van der Waals surface area contributed by atoms with Gasteiger partial charge in [0.2, 0.25) is 15.9 Å². The summed E-state index contributed by atoms with van der Waals surface area (Å²) in [5, 5.41) is 5.48. The zero-order chi connectivity index (χ0) is 21.6. The number of anilines is 2. The van der Waals surface area contributed by atoms with Gasteiger partial charge in [0.1, 0.15) is 6.54 Å². The van der Waals surface area contributed by atoms with Gasteiger partial charge in [0.05, 0.1) is 23.2 Å². The average molecular weight is 418 g/mol. The van der Waals surface area contributed by atoms with Crippen LogP contribution in [-0.2, 0) is 14.8 Å². The fraction of sp³-hybridized carbons (Fsp3) is 0.333. The third-order valence-electron chi connectivity index (χ3n) is 4.19. The third-order valence-corrected chi connectivity index (χ3v) is 5.31. The molecule has 0 heterocycles. The summed E-state index contributed by atoms with van der Waals surface area (Å²) in [6, 6.07) is 13.6. The van der Waals surface area contributed by atoms with Gasteiger partial charge in [-0.25, -0.2) is 8.42 Å². The molecule has 0 aromatic heterocycles. The Morgan fingerprint density at radius 1 is 1.03 bits per heavy atom. The second-order valence-corrected chi connectivity index (χ2v) is 9.16. The molecule has 29 heavy (non-hydrogen) atoms. The molecule has 2 N–H and O–H groups in total. The summed E-state index contributed by atoms with van der Waals surface area (Å²) in [7, 11) is -3.68. The molecule has 7 nitrogen and oxygen atoms in total. The summed E-state index contributed by atoms with van der Waals surface area (Å²) in [5.41, 5.74) is 1.83. The molecule has 2 aromatic carbocycles. The van der Waals surface area contributed by atoms with Crippen LogP contribution in [0.15, 0.2) is 48.5 Å². The molecule has 0 saturated carbocycles. The number of nitrogens with zero attached hydrogens (tertiary/aromatic N) is 1. The number of sulfonamides is 1. The van der Waals surface area contributed by atoms with Crippen molar-refractivity contribution in [3.8, 4) is 0 Å². The summed E-state index contributed by atoms with van der Waals surface area (Å²) in [5.74, 6) is -0.547. The van der Waals surface area contributed by atoms with Crippen LogP contribution in [0.3, 0.4) is 0 Å². The van der Waals surface area contributed by atoms with E-state index in [-0.39, 0.29) is 11.8 Å². The van der Waals surface area contributed by atoms with Crippen molar-refractivity contribution in [2.24, 2.45) is 5.92 Å². The number of amides is 2. The van der Waals surface area contributed by atoms with Crippen molar-refractivity contribution in [1.29, 1.82) is 0 Å². The predicted octanol–water partition coefficient (Wildman–Crippen LogP) is 2.79. The van der Waals surface area contributed by atoms with E-state index in [0.717, 1.165) is 16.1 Å². The van der Waals surface area contributed by atoms with Crippen LogP contribution in [0.25, 0.3) is 0 Å². The van der Waals surface area contributed by atoms with E-state index in [0.29, 0.717) is 23.5 Å². The molecule has 8 heteroatoms. The Labute approximate surface area is 172 Å². The number of carbonyl (C=O) groups is 2. The molecule has 0 aliphatic rings. The third kappa shape index (κ3) is 6.32. The molecule has 0 fully saturated rings. The van der Waals surface area contributed by atoms with E-state index in [2.05, 4.69) is 10.6 Å². The first kappa shape index (κ1) is 22.4. The number of para-hydroxylation sites is 2. The fourth-order valence-corrected chi connectivity index (χ4v) is 3.64. The van der Waals surface area contributed by atoms with Gasteiger partial charge in [-0.15, -0.1) is 0 Å². The Kier molecular flexibility index (Phi) is 7.39. The van der Waals surface area contributed by atoms with Crippen molar-refractivity contribution in [1.82, 2.24) is 5.32 Å². The molecule has 2 rings (SSSR count). The Hall–Kier alpha value is -2.87. The second kappa shape index (κ2) is 9.56. The van der Waals surface area contributed by atoms with Crippen LogP contribution in [0, 0.1) is 12.8 Å². The molecule has 0 spiro atoms. The van der Waals surface area contributed by atoms with Gasteiger partial charge in [0.25, 0.3) is 5.91 Å². The smallest absolute Gasteiger partial charge is 0.253 e. The van der Waals surface area contributed by atoms with E-state index < -0.39 is 22.5 Å². The molecule has 2 aromatic rings. The zero-order valence-corrected chi connectivity index (χ0v) is 17.9. The first-order valence-corrected chi connectivity index (χ1v) is 11.1. The molecular formula is C21H27N3O4S. The number of hydrogen-bond donors (Lipinski definition) is 2. The van der Waals surface area contributed by atoms with E-state index in [1.807, 2.05) is 13.8 Å². The van der Waals surface area contributed by atoms with E-state index in [4.69, 9.17) is 0 Å². The molecule has 0 radical (unpaired) electrons. The summed E-state index contributed by atoms with van der Waals surface area (Å²) >= 11 is 0. The van der Waals surface area contributed by atoms with Crippen molar-refractivity contribution in [2.75, 3.05) is 29.0 Å². The Morgan fingerprint density at radius 2 is 1.66 bits per heavy atom. The minimum atomic E-state index is -3.68. The van der Waals surface area contributed by atoms with Gasteiger partial charge in [0, 0.05) is 6.54 Å². The lowest BCUT2D eigenvalue weighted by molar-refractivity contribution is -0.114. The highest BCUT2D eigenvalue weighted by Crippen LogP contribution is 2.22. The molecular weight excluding hydrogens is 390 g/mol. The SMILES string of the molecule is Cc1ccccc1N(CC(=O)Nc1ccccc1C(=O)NCC(C)C)S(C)(=O)=O. The lowest BCUT2D eigenvalue weighted by Crippen LogP contribution is -2.38. The maximum Gasteiger partial charge on any atom is 0.253 e. The van der Waals surface area contributed by atoms with E-state index in [9.17, 15) is 18.0 Å². The Balaban J connectivity index is 2.22. The molecule has 156 valence electrons. The van der Waals surface area contributed by atoms with Crippen LogP contribution in [-0.4, -0.2) is 39.6 Å². The van der Waals surface area contributed by atoms with Crippen LogP contribution < -0.4 is 14.9 Å². The minimum absolute atomic E-state index is 0.290. The predicted molar refractivity (Wildman–Crippen MR) is 116 cm³/mol. The first-order valence-electron chi connectivity index (χ1n) is 9.30. The number of hydrogen-bond acceptors (Lipinski definition) is 4. The Morgan fingerprint density at radius 3 is 2.28 bits per heavy atom. The van der Waals surface area contributed by atoms with Crippen LogP contribution in [0.5, 0.6) is 0 Å². The van der Waals surface area contributed by atoms with Crippen LogP contribution in [0.2, 0.25) is 0 Å². The number of rotatable bonds is 8. The van der Waals surface area contributed by atoms with E-state index in [1.54, 1.807) is 55.5 Å². The molecule has 0 unspecified atom stereocenters. The maximum absolute atomic E-state index is 12.6. The van der Waals surface area contributed by atoms with Gasteiger partial charge in [-0.05, 0) is 36.6 Å². The number of nitrogens with one attached hydrogen (secondary N) is 2. The largest absolute Gasteiger partial charge is 0.352 e. The first-order chi connectivity index (χ1) is 13.6. The van der Waals surface area contributed by atoms with Crippen molar-refractivity contribution in [3.05, 3.63) is 59.7 Å². The van der Waals surface area contributed by atoms with E-state index in [1.165, 1.54) is 0 Å². The summed E-state index contributed by atoms with van der Waals surface area (Å²) in [6.07, 6.45) is 1.06. The van der Waals surface area contributed by atoms with Crippen molar-refractivity contribution in [2.45, 2.75) is 20.8 Å². The van der Waals surface area contributed by atoms with Crippen LogP contribution >= 0.6 is 0 Å². The highest BCUT2D eigenvalue weighted by Gasteiger charge is 2.23. The van der Waals surface area contributed by atoms with Gasteiger partial charge in [-0.3, -0.25) is 13.9 Å². The lowest BCUT2D eigenvalue weighted by atomic mass is 10.1. The number of carbonyl (C=O) groups excluding carboxylic acids is 2. The Bertz CT molecular complexity index is 987. The zero-order valence-electron chi connectivity index (χ0n) is 17.1. The molecule has 0 aliphatic carbocycles. The summed E-state index contributed by atoms with van der Waals surface area (Å²) < 4.78 is 25.6. The monoisotopic (exact) mass is 417 g/mol. The second-order valence-electron chi connectivity index (χ2n) is 7.25. The maximum atomic E-state index is 12.6. The average Bonchev–Trinajstić information content (AvgIpc) is 2.64. The topological polar surface area (TPSA) is 95.6 Å². The fourth-order valence-electron chi connectivity index (χ4n) is 2.73. The van der Waals surface area contributed by atoms with Gasteiger partial charge >= 0.3 is 0 Å². The number of aryl methyl sites for hydroxylation is 1. The van der Waals surface area contributed by atoms with Crippen molar-refractivity contribution < 1.29 is 18.0 Å². The van der Waals surface area contributed by atoms with Gasteiger partial charge in [-0.1, -0.05) is 44.2 Å². The summed E-state index contributed by atoms with van der Waals surface area (Å²) in [4.78, 5) is 25.1. The quantitative estimate of drug-likeness (QED) is 0.690. The van der Waals surface area contributed by atoms with Crippen LogP contribution in [0.4, 0.5) is 11.4 Å². The standard InChI is InChI=1S/C21H27N3O4S/c1-15(2)13-22-21(26)17-10-6-7-11-18(17)23-20(25)14-24(29(4,27)28)19-12-8-5-9-16(19)3/h5-12,15H,13-14H2,1-4H3,(H,22,26)(H,23,25).